The highest BCUT2D eigenvalue weighted by atomic mass is 19.1. The Hall–Kier alpha value is -3.42. The summed E-state index contributed by atoms with van der Waals surface area (Å²) in [6.07, 6.45) is 1.33. The molecule has 1 aliphatic rings. The summed E-state index contributed by atoms with van der Waals surface area (Å²) in [4.78, 5) is 8.15. The van der Waals surface area contributed by atoms with Crippen LogP contribution in [0.2, 0.25) is 0 Å². The van der Waals surface area contributed by atoms with E-state index in [2.05, 4.69) is 20.6 Å². The SMILES string of the molecule is Fc1ccc(Nc2cc(Nc3ccc4c(c3)OCO4)ncn2)c(F)c1. The molecule has 2 heterocycles. The summed E-state index contributed by atoms with van der Waals surface area (Å²) in [6, 6.07) is 10.3. The summed E-state index contributed by atoms with van der Waals surface area (Å²) in [7, 11) is 0. The van der Waals surface area contributed by atoms with Crippen LogP contribution < -0.4 is 20.1 Å². The molecule has 126 valence electrons. The van der Waals surface area contributed by atoms with E-state index < -0.39 is 11.6 Å². The molecule has 0 radical (unpaired) electrons. The molecule has 0 saturated carbocycles. The summed E-state index contributed by atoms with van der Waals surface area (Å²) in [5.74, 6) is 0.843. The number of hydrogen-bond acceptors (Lipinski definition) is 6. The standard InChI is InChI=1S/C17H12F2N4O2/c18-10-1-3-13(12(19)5-10)23-17-7-16(20-8-21-17)22-11-2-4-14-15(6-11)25-9-24-14/h1-8H,9H2,(H2,20,21,22,23). The molecule has 3 aromatic rings. The minimum absolute atomic E-state index is 0.120. The second-order valence-electron chi connectivity index (χ2n) is 5.23. The van der Waals surface area contributed by atoms with Gasteiger partial charge in [0.1, 0.15) is 29.6 Å². The van der Waals surface area contributed by atoms with Gasteiger partial charge in [0.05, 0.1) is 5.69 Å². The molecule has 1 aliphatic heterocycles. The van der Waals surface area contributed by atoms with Crippen LogP contribution in [-0.4, -0.2) is 16.8 Å². The van der Waals surface area contributed by atoms with Crippen LogP contribution in [-0.2, 0) is 0 Å². The zero-order chi connectivity index (χ0) is 17.2. The molecule has 0 unspecified atom stereocenters. The molecule has 0 bridgehead atoms. The Balaban J connectivity index is 1.53. The van der Waals surface area contributed by atoms with E-state index in [9.17, 15) is 8.78 Å². The quantitative estimate of drug-likeness (QED) is 0.748. The van der Waals surface area contributed by atoms with Crippen molar-refractivity contribution >= 4 is 23.0 Å². The molecule has 25 heavy (non-hydrogen) atoms. The number of aromatic nitrogens is 2. The fourth-order valence-corrected chi connectivity index (χ4v) is 2.35. The van der Waals surface area contributed by atoms with Crippen LogP contribution in [0.25, 0.3) is 0 Å². The van der Waals surface area contributed by atoms with Crippen LogP contribution >= 0.6 is 0 Å². The van der Waals surface area contributed by atoms with Crippen molar-refractivity contribution in [2.75, 3.05) is 17.4 Å². The van der Waals surface area contributed by atoms with Crippen LogP contribution in [0.1, 0.15) is 0 Å². The maximum absolute atomic E-state index is 13.7. The van der Waals surface area contributed by atoms with E-state index in [1.54, 1.807) is 18.2 Å². The molecule has 6 nitrogen and oxygen atoms in total. The molecule has 1 aromatic heterocycles. The molecule has 0 fully saturated rings. The maximum Gasteiger partial charge on any atom is 0.231 e. The molecule has 2 N–H and O–H groups in total. The third-order valence-corrected chi connectivity index (χ3v) is 3.51. The first-order chi connectivity index (χ1) is 12.2. The van der Waals surface area contributed by atoms with Crippen molar-refractivity contribution in [3.63, 3.8) is 0 Å². The van der Waals surface area contributed by atoms with Gasteiger partial charge >= 0.3 is 0 Å². The number of nitrogens with one attached hydrogen (secondary N) is 2. The van der Waals surface area contributed by atoms with Crippen LogP contribution in [0.3, 0.4) is 0 Å². The third-order valence-electron chi connectivity index (χ3n) is 3.51. The maximum atomic E-state index is 13.7. The van der Waals surface area contributed by atoms with Crippen LogP contribution in [0.15, 0.2) is 48.8 Å². The number of anilines is 4. The Labute approximate surface area is 141 Å². The number of nitrogens with zero attached hydrogens (tertiary/aromatic N) is 2. The van der Waals surface area contributed by atoms with Crippen molar-refractivity contribution in [2.45, 2.75) is 0 Å². The molecule has 8 heteroatoms. The van der Waals surface area contributed by atoms with Gasteiger partial charge in [-0.25, -0.2) is 18.7 Å². The number of ether oxygens (including phenoxy) is 2. The summed E-state index contributed by atoms with van der Waals surface area (Å²) >= 11 is 0. The lowest BCUT2D eigenvalue weighted by molar-refractivity contribution is 0.174. The van der Waals surface area contributed by atoms with Gasteiger partial charge in [0.25, 0.3) is 0 Å². The van der Waals surface area contributed by atoms with E-state index in [0.717, 1.165) is 11.8 Å². The van der Waals surface area contributed by atoms with Crippen molar-refractivity contribution in [3.05, 3.63) is 60.4 Å². The number of halogens is 2. The van der Waals surface area contributed by atoms with E-state index in [0.29, 0.717) is 23.1 Å². The van der Waals surface area contributed by atoms with E-state index >= 15 is 0 Å². The van der Waals surface area contributed by atoms with Crippen molar-refractivity contribution in [1.29, 1.82) is 0 Å². The van der Waals surface area contributed by atoms with E-state index in [1.807, 2.05) is 6.07 Å². The Morgan fingerprint density at radius 3 is 2.48 bits per heavy atom. The molecule has 0 aliphatic carbocycles. The second kappa shape index (κ2) is 6.23. The Bertz CT molecular complexity index is 936. The van der Waals surface area contributed by atoms with Crippen LogP contribution in [0.5, 0.6) is 11.5 Å². The predicted octanol–water partition coefficient (Wildman–Crippen LogP) is 3.97. The fourth-order valence-electron chi connectivity index (χ4n) is 2.35. The predicted molar refractivity (Wildman–Crippen MR) is 87.5 cm³/mol. The smallest absolute Gasteiger partial charge is 0.231 e. The highest BCUT2D eigenvalue weighted by molar-refractivity contribution is 5.65. The van der Waals surface area contributed by atoms with Gasteiger partial charge in [0, 0.05) is 23.9 Å². The van der Waals surface area contributed by atoms with Gasteiger partial charge in [-0.3, -0.25) is 0 Å². The van der Waals surface area contributed by atoms with Gasteiger partial charge in [-0.05, 0) is 24.3 Å². The van der Waals surface area contributed by atoms with Gasteiger partial charge < -0.3 is 20.1 Å². The fraction of sp³-hybridized carbons (Fsp3) is 0.0588. The number of hydrogen-bond donors (Lipinski definition) is 2. The lowest BCUT2D eigenvalue weighted by Crippen LogP contribution is -2.00. The zero-order valence-corrected chi connectivity index (χ0v) is 12.8. The molecule has 2 aromatic carbocycles. The summed E-state index contributed by atoms with van der Waals surface area (Å²) in [5, 5.41) is 5.89. The number of benzene rings is 2. The third kappa shape index (κ3) is 3.27. The monoisotopic (exact) mass is 342 g/mol. The lowest BCUT2D eigenvalue weighted by Gasteiger charge is -2.10. The van der Waals surface area contributed by atoms with Crippen molar-refractivity contribution < 1.29 is 18.3 Å². The summed E-state index contributed by atoms with van der Waals surface area (Å²) < 4.78 is 37.3. The average Bonchev–Trinajstić information content (AvgIpc) is 3.05. The van der Waals surface area contributed by atoms with Gasteiger partial charge in [-0.1, -0.05) is 0 Å². The van der Waals surface area contributed by atoms with Gasteiger partial charge in [0.2, 0.25) is 6.79 Å². The first-order valence-electron chi connectivity index (χ1n) is 7.38. The highest BCUT2D eigenvalue weighted by Gasteiger charge is 2.13. The molecule has 4 rings (SSSR count). The second-order valence-corrected chi connectivity index (χ2v) is 5.23. The molecule has 0 atom stereocenters. The van der Waals surface area contributed by atoms with E-state index in [-0.39, 0.29) is 12.5 Å². The van der Waals surface area contributed by atoms with Crippen molar-refractivity contribution in [1.82, 2.24) is 9.97 Å². The van der Waals surface area contributed by atoms with E-state index in [1.165, 1.54) is 18.5 Å². The molecule has 0 amide bonds. The average molecular weight is 342 g/mol. The number of rotatable bonds is 4. The van der Waals surface area contributed by atoms with Gasteiger partial charge in [-0.2, -0.15) is 0 Å². The first kappa shape index (κ1) is 15.1. The van der Waals surface area contributed by atoms with E-state index in [4.69, 9.17) is 9.47 Å². The zero-order valence-electron chi connectivity index (χ0n) is 12.8. The minimum atomic E-state index is -0.705. The molecule has 0 spiro atoms. The normalized spacial score (nSPS) is 12.1. The first-order valence-corrected chi connectivity index (χ1v) is 7.38. The number of fused-ring (bicyclic) bond motifs is 1. The largest absolute Gasteiger partial charge is 0.454 e. The minimum Gasteiger partial charge on any atom is -0.454 e. The van der Waals surface area contributed by atoms with Gasteiger partial charge in [0.15, 0.2) is 11.5 Å². The lowest BCUT2D eigenvalue weighted by atomic mass is 10.2. The molecule has 0 saturated heterocycles. The van der Waals surface area contributed by atoms with Crippen LogP contribution in [0.4, 0.5) is 31.8 Å². The molecular formula is C17H12F2N4O2. The van der Waals surface area contributed by atoms with Crippen LogP contribution in [0, 0.1) is 11.6 Å². The Morgan fingerprint density at radius 2 is 1.64 bits per heavy atom. The Kier molecular flexibility index (Phi) is 3.77. The van der Waals surface area contributed by atoms with Crippen molar-refractivity contribution in [2.24, 2.45) is 0 Å². The Morgan fingerprint density at radius 1 is 0.840 bits per heavy atom. The summed E-state index contributed by atoms with van der Waals surface area (Å²) in [6.45, 7) is 0.198. The molecular weight excluding hydrogens is 330 g/mol. The van der Waals surface area contributed by atoms with Crippen molar-refractivity contribution in [3.8, 4) is 11.5 Å². The topological polar surface area (TPSA) is 68.3 Å². The highest BCUT2D eigenvalue weighted by Crippen LogP contribution is 2.35. The van der Waals surface area contributed by atoms with Gasteiger partial charge in [-0.15, -0.1) is 0 Å². The summed E-state index contributed by atoms with van der Waals surface area (Å²) in [5.41, 5.74) is 0.871.